The van der Waals surface area contributed by atoms with Crippen LogP contribution in [-0.2, 0) is 9.53 Å². The Hall–Kier alpha value is -1.14. The van der Waals surface area contributed by atoms with Crippen molar-refractivity contribution in [3.8, 4) is 0 Å². The molecule has 1 spiro atoms. The Morgan fingerprint density at radius 1 is 1.40 bits per heavy atom. The number of nitrogens with one attached hydrogen (secondary N) is 1. The van der Waals surface area contributed by atoms with E-state index >= 15 is 0 Å². The molecule has 2 N–H and O–H groups in total. The molecule has 0 unspecified atom stereocenters. The fraction of sp³-hybridized carbons (Fsp3) is 0.857. The van der Waals surface area contributed by atoms with Crippen LogP contribution in [0.3, 0.4) is 0 Å². The van der Waals surface area contributed by atoms with E-state index in [0.29, 0.717) is 38.8 Å². The number of carbonyl (C=O) groups excluding carboxylic acids is 2. The van der Waals surface area contributed by atoms with E-state index < -0.39 is 17.2 Å². The second kappa shape index (κ2) is 5.33. The van der Waals surface area contributed by atoms with E-state index in [9.17, 15) is 14.7 Å². The minimum absolute atomic E-state index is 0.218. The van der Waals surface area contributed by atoms with Gasteiger partial charge in [-0.1, -0.05) is 0 Å². The topological polar surface area (TPSA) is 78.9 Å². The smallest absolute Gasteiger partial charge is 0.417 e. The maximum Gasteiger partial charge on any atom is 0.417 e. The van der Waals surface area contributed by atoms with Crippen LogP contribution in [0.15, 0.2) is 0 Å². The van der Waals surface area contributed by atoms with Crippen molar-refractivity contribution in [2.45, 2.75) is 63.7 Å². The monoisotopic (exact) mass is 284 g/mol. The number of hydrogen-bond acceptors (Lipinski definition) is 5. The highest BCUT2D eigenvalue weighted by molar-refractivity contribution is 5.98. The molecule has 6 heteroatoms. The number of aliphatic hydroxyl groups is 1. The molecule has 6 nitrogen and oxygen atoms in total. The molecule has 2 rings (SSSR count). The predicted molar refractivity (Wildman–Crippen MR) is 73.2 cm³/mol. The van der Waals surface area contributed by atoms with Gasteiger partial charge < -0.3 is 15.2 Å². The fourth-order valence-corrected chi connectivity index (χ4v) is 2.82. The van der Waals surface area contributed by atoms with Crippen LogP contribution >= 0.6 is 0 Å². The van der Waals surface area contributed by atoms with Crippen LogP contribution in [0, 0.1) is 0 Å². The molecule has 1 saturated carbocycles. The van der Waals surface area contributed by atoms with Crippen molar-refractivity contribution in [3.05, 3.63) is 0 Å². The van der Waals surface area contributed by atoms with Gasteiger partial charge in [-0.25, -0.2) is 9.69 Å². The zero-order chi connectivity index (χ0) is 15.0. The molecule has 0 bridgehead atoms. The van der Waals surface area contributed by atoms with E-state index in [4.69, 9.17) is 4.74 Å². The second-order valence-electron chi connectivity index (χ2n) is 6.68. The third-order valence-electron chi connectivity index (χ3n) is 3.88. The lowest BCUT2D eigenvalue weighted by atomic mass is 9.78. The van der Waals surface area contributed by atoms with Crippen LogP contribution in [0.5, 0.6) is 0 Å². The molecule has 1 aliphatic carbocycles. The number of amides is 2. The predicted octanol–water partition coefficient (Wildman–Crippen LogP) is 1.03. The maximum atomic E-state index is 12.6. The molecular formula is C14H24N2O4. The van der Waals surface area contributed by atoms with Gasteiger partial charge in [0.25, 0.3) is 5.91 Å². The van der Waals surface area contributed by atoms with Gasteiger partial charge in [-0.15, -0.1) is 0 Å². The Morgan fingerprint density at radius 3 is 2.55 bits per heavy atom. The van der Waals surface area contributed by atoms with Crippen molar-refractivity contribution >= 4 is 12.0 Å². The van der Waals surface area contributed by atoms with E-state index in [1.165, 1.54) is 4.90 Å². The Kier molecular flexibility index (Phi) is 4.07. The average molecular weight is 284 g/mol. The molecule has 0 aromatic rings. The summed E-state index contributed by atoms with van der Waals surface area (Å²) in [5, 5.41) is 12.8. The van der Waals surface area contributed by atoms with E-state index in [1.54, 1.807) is 20.8 Å². The Morgan fingerprint density at radius 2 is 2.00 bits per heavy atom. The molecule has 20 heavy (non-hydrogen) atoms. The summed E-state index contributed by atoms with van der Waals surface area (Å²) in [5.41, 5.74) is -1.31. The van der Waals surface area contributed by atoms with Crippen LogP contribution in [0.2, 0.25) is 0 Å². The van der Waals surface area contributed by atoms with Gasteiger partial charge in [0.2, 0.25) is 0 Å². The SMILES string of the molecule is CC(C)(C)OC(=O)N1CCNC2(CCC(O)CC2)C1=O. The highest BCUT2D eigenvalue weighted by Crippen LogP contribution is 2.32. The first-order valence-corrected chi connectivity index (χ1v) is 7.22. The number of piperazine rings is 1. The summed E-state index contributed by atoms with van der Waals surface area (Å²) in [6, 6.07) is 0. The lowest BCUT2D eigenvalue weighted by molar-refractivity contribution is -0.142. The van der Waals surface area contributed by atoms with Crippen LogP contribution < -0.4 is 5.32 Å². The van der Waals surface area contributed by atoms with Crippen molar-refractivity contribution in [1.82, 2.24) is 10.2 Å². The Bertz CT molecular complexity index is 394. The molecular weight excluding hydrogens is 260 g/mol. The number of nitrogens with zero attached hydrogens (tertiary/aromatic N) is 1. The average Bonchev–Trinajstić information content (AvgIpc) is 2.34. The van der Waals surface area contributed by atoms with Gasteiger partial charge in [-0.2, -0.15) is 0 Å². The molecule has 0 aromatic carbocycles. The van der Waals surface area contributed by atoms with Crippen LogP contribution in [0.4, 0.5) is 4.79 Å². The summed E-state index contributed by atoms with van der Waals surface area (Å²) in [4.78, 5) is 25.9. The zero-order valence-electron chi connectivity index (χ0n) is 12.4. The van der Waals surface area contributed by atoms with Gasteiger partial charge in [0.05, 0.1) is 11.6 Å². The molecule has 0 atom stereocenters. The lowest BCUT2D eigenvalue weighted by Crippen LogP contribution is -2.67. The molecule has 0 radical (unpaired) electrons. The molecule has 2 aliphatic rings. The third-order valence-corrected chi connectivity index (χ3v) is 3.88. The Labute approximate surface area is 119 Å². The molecule has 1 heterocycles. The minimum Gasteiger partial charge on any atom is -0.443 e. The Balaban J connectivity index is 2.09. The highest BCUT2D eigenvalue weighted by Gasteiger charge is 2.48. The number of carbonyl (C=O) groups is 2. The van der Waals surface area contributed by atoms with Gasteiger partial charge in [0, 0.05) is 13.1 Å². The molecule has 2 fully saturated rings. The van der Waals surface area contributed by atoms with Gasteiger partial charge >= 0.3 is 6.09 Å². The summed E-state index contributed by atoms with van der Waals surface area (Å²) in [6.07, 6.45) is 1.38. The normalized spacial score (nSPS) is 31.5. The van der Waals surface area contributed by atoms with E-state index in [2.05, 4.69) is 5.32 Å². The first kappa shape index (κ1) is 15.3. The van der Waals surface area contributed by atoms with Crippen molar-refractivity contribution in [1.29, 1.82) is 0 Å². The van der Waals surface area contributed by atoms with Gasteiger partial charge in [-0.3, -0.25) is 4.79 Å². The molecule has 0 aromatic heterocycles. The van der Waals surface area contributed by atoms with Crippen molar-refractivity contribution < 1.29 is 19.4 Å². The quantitative estimate of drug-likeness (QED) is 0.694. The number of imide groups is 1. The summed E-state index contributed by atoms with van der Waals surface area (Å²) < 4.78 is 5.29. The summed E-state index contributed by atoms with van der Waals surface area (Å²) >= 11 is 0. The third kappa shape index (κ3) is 3.12. The molecule has 1 saturated heterocycles. The summed E-state index contributed by atoms with van der Waals surface area (Å²) in [5.74, 6) is -0.218. The summed E-state index contributed by atoms with van der Waals surface area (Å²) in [6.45, 7) is 6.25. The maximum absolute atomic E-state index is 12.6. The van der Waals surface area contributed by atoms with E-state index in [0.717, 1.165) is 0 Å². The summed E-state index contributed by atoms with van der Waals surface area (Å²) in [7, 11) is 0. The van der Waals surface area contributed by atoms with E-state index in [1.807, 2.05) is 0 Å². The number of aliphatic hydroxyl groups excluding tert-OH is 1. The van der Waals surface area contributed by atoms with Crippen LogP contribution in [0.1, 0.15) is 46.5 Å². The van der Waals surface area contributed by atoms with Gasteiger partial charge in [-0.05, 0) is 46.5 Å². The van der Waals surface area contributed by atoms with E-state index in [-0.39, 0.29) is 12.0 Å². The first-order valence-electron chi connectivity index (χ1n) is 7.22. The van der Waals surface area contributed by atoms with Crippen LogP contribution in [-0.4, -0.2) is 52.3 Å². The standard InChI is InChI=1S/C14H24N2O4/c1-13(2,3)20-12(19)16-9-8-15-14(11(16)18)6-4-10(17)5-7-14/h10,15,17H,4-9H2,1-3H3. The first-order chi connectivity index (χ1) is 9.23. The van der Waals surface area contributed by atoms with Crippen molar-refractivity contribution in [2.24, 2.45) is 0 Å². The van der Waals surface area contributed by atoms with Crippen LogP contribution in [0.25, 0.3) is 0 Å². The number of ether oxygens (including phenoxy) is 1. The van der Waals surface area contributed by atoms with Gasteiger partial charge in [0.15, 0.2) is 0 Å². The molecule has 2 amide bonds. The number of rotatable bonds is 0. The molecule has 1 aliphatic heterocycles. The lowest BCUT2D eigenvalue weighted by Gasteiger charge is -2.44. The highest BCUT2D eigenvalue weighted by atomic mass is 16.6. The zero-order valence-corrected chi connectivity index (χ0v) is 12.4. The fourth-order valence-electron chi connectivity index (χ4n) is 2.82. The second-order valence-corrected chi connectivity index (χ2v) is 6.68. The minimum atomic E-state index is -0.700. The molecule has 114 valence electrons. The number of hydrogen-bond donors (Lipinski definition) is 2. The van der Waals surface area contributed by atoms with Gasteiger partial charge in [0.1, 0.15) is 5.60 Å². The largest absolute Gasteiger partial charge is 0.443 e. The van der Waals surface area contributed by atoms with Crippen molar-refractivity contribution in [3.63, 3.8) is 0 Å². The van der Waals surface area contributed by atoms with Crippen molar-refractivity contribution in [2.75, 3.05) is 13.1 Å².